The van der Waals surface area contributed by atoms with Gasteiger partial charge in [0.15, 0.2) is 0 Å². The van der Waals surface area contributed by atoms with Crippen molar-refractivity contribution in [2.24, 2.45) is 4.99 Å². The maximum atomic E-state index is 6.58. The highest BCUT2D eigenvalue weighted by molar-refractivity contribution is 6.08. The largest absolute Gasteiger partial charge is 0.471 e. The molecule has 0 unspecified atom stereocenters. The highest BCUT2D eigenvalue weighted by atomic mass is 16.5. The van der Waals surface area contributed by atoms with Crippen LogP contribution in [0.15, 0.2) is 96.4 Å². The van der Waals surface area contributed by atoms with Gasteiger partial charge in [-0.1, -0.05) is 71.4 Å². The van der Waals surface area contributed by atoms with Crippen molar-refractivity contribution in [3.8, 4) is 17.2 Å². The molecule has 3 aromatic heterocycles. The first-order chi connectivity index (χ1) is 22.4. The number of hydrogen-bond acceptors (Lipinski definition) is 5. The molecular weight excluding hydrogens is 580 g/mol. The number of ether oxygens (including phenoxy) is 2. The van der Waals surface area contributed by atoms with Gasteiger partial charge in [-0.15, -0.1) is 0 Å². The Labute approximate surface area is 276 Å². The number of aliphatic imine (C=N–C) groups is 1. The van der Waals surface area contributed by atoms with Gasteiger partial charge >= 0.3 is 0 Å². The topological polar surface area (TPSA) is 61.5 Å². The van der Waals surface area contributed by atoms with E-state index < -0.39 is 0 Å². The third-order valence-corrected chi connectivity index (χ3v) is 9.51. The van der Waals surface area contributed by atoms with Crippen LogP contribution in [0.25, 0.3) is 27.6 Å². The summed E-state index contributed by atoms with van der Waals surface area (Å²) in [6.45, 7) is 15.6. The van der Waals surface area contributed by atoms with Crippen LogP contribution < -0.4 is 4.74 Å². The van der Waals surface area contributed by atoms with Crippen molar-refractivity contribution in [1.82, 2.24) is 14.5 Å². The van der Waals surface area contributed by atoms with Crippen molar-refractivity contribution in [1.29, 1.82) is 0 Å². The van der Waals surface area contributed by atoms with E-state index in [4.69, 9.17) is 19.5 Å². The van der Waals surface area contributed by atoms with E-state index in [1.807, 2.05) is 18.3 Å². The summed E-state index contributed by atoms with van der Waals surface area (Å²) < 4.78 is 15.3. The average molecular weight is 621 g/mol. The summed E-state index contributed by atoms with van der Waals surface area (Å²) in [6.07, 6.45) is 6.28. The lowest BCUT2D eigenvalue weighted by Gasteiger charge is -2.22. The summed E-state index contributed by atoms with van der Waals surface area (Å²) in [6, 6.07) is 26.0. The normalized spacial score (nSPS) is 17.5. The maximum Gasteiger partial charge on any atom is 0.218 e. The quantitative estimate of drug-likeness (QED) is 0.197. The Balaban J connectivity index is 1.15. The second kappa shape index (κ2) is 10.5. The number of rotatable bonds is 4. The SMILES string of the molecule is Cc1ccc2c(c1)c1cccnc1n2-c1cc(Oc2cncc(C3=N[C@@H]4c5ccc(C(C)(C)C)cc5C[C@@H]4O3)c2)cc(C(C)(C)C)c1. The highest BCUT2D eigenvalue weighted by Crippen LogP contribution is 2.43. The summed E-state index contributed by atoms with van der Waals surface area (Å²) in [4.78, 5) is 14.4. The summed E-state index contributed by atoms with van der Waals surface area (Å²) in [7, 11) is 0. The van der Waals surface area contributed by atoms with Gasteiger partial charge < -0.3 is 9.47 Å². The van der Waals surface area contributed by atoms with Crippen LogP contribution in [0.3, 0.4) is 0 Å². The van der Waals surface area contributed by atoms with Crippen molar-refractivity contribution in [2.75, 3.05) is 0 Å². The van der Waals surface area contributed by atoms with Gasteiger partial charge in [-0.3, -0.25) is 9.55 Å². The molecule has 2 atom stereocenters. The predicted molar refractivity (Wildman–Crippen MR) is 189 cm³/mol. The number of fused-ring (bicyclic) bond motifs is 6. The van der Waals surface area contributed by atoms with Gasteiger partial charge in [-0.05, 0) is 82.5 Å². The van der Waals surface area contributed by atoms with Crippen LogP contribution in [0, 0.1) is 6.92 Å². The number of nitrogens with zero attached hydrogens (tertiary/aromatic N) is 4. The first kappa shape index (κ1) is 29.4. The van der Waals surface area contributed by atoms with E-state index >= 15 is 0 Å². The monoisotopic (exact) mass is 620 g/mol. The van der Waals surface area contributed by atoms with Gasteiger partial charge in [0.25, 0.3) is 0 Å². The van der Waals surface area contributed by atoms with Gasteiger partial charge in [0.2, 0.25) is 5.90 Å². The third kappa shape index (κ3) is 5.16. The average Bonchev–Trinajstić information content (AvgIpc) is 3.69. The number of aryl methyl sites for hydroxylation is 1. The van der Waals surface area contributed by atoms with Crippen molar-refractivity contribution >= 4 is 27.8 Å². The summed E-state index contributed by atoms with van der Waals surface area (Å²) >= 11 is 0. The molecule has 6 aromatic rings. The number of hydrogen-bond donors (Lipinski definition) is 0. The molecule has 0 radical (unpaired) electrons. The summed E-state index contributed by atoms with van der Waals surface area (Å²) in [5.41, 5.74) is 10.2. The molecule has 0 saturated heterocycles. The van der Waals surface area contributed by atoms with Crippen LogP contribution in [0.1, 0.15) is 81.0 Å². The molecule has 0 fully saturated rings. The Morgan fingerprint density at radius 2 is 1.64 bits per heavy atom. The van der Waals surface area contributed by atoms with E-state index in [0.29, 0.717) is 11.6 Å². The molecule has 1 aliphatic carbocycles. The van der Waals surface area contributed by atoms with Crippen molar-refractivity contribution in [3.63, 3.8) is 0 Å². The standard InChI is InChI=1S/C41H40N4O2/c1-24-10-13-35-34(15-24)33-9-8-14-43-38(33)45(35)29-19-28(41(5,6)7)20-30(21-29)46-31-17-26(22-42-23-31)39-44-37-32-12-11-27(40(2,3)4)16-25(32)18-36(37)47-39/h8-17,19-23,36-37H,18H2,1-7H3/t36-,37+/m0/s1. The smallest absolute Gasteiger partial charge is 0.218 e. The molecule has 236 valence electrons. The van der Waals surface area contributed by atoms with Crippen LogP contribution in [0.4, 0.5) is 0 Å². The number of benzene rings is 3. The zero-order valence-corrected chi connectivity index (χ0v) is 28.1. The number of aromatic nitrogens is 3. The minimum atomic E-state index is -0.106. The fourth-order valence-electron chi connectivity index (χ4n) is 6.92. The molecule has 0 bridgehead atoms. The van der Waals surface area contributed by atoms with Crippen LogP contribution in [0.2, 0.25) is 0 Å². The second-order valence-corrected chi connectivity index (χ2v) is 15.1. The zero-order valence-electron chi connectivity index (χ0n) is 28.1. The zero-order chi connectivity index (χ0) is 32.7. The van der Waals surface area contributed by atoms with E-state index in [2.05, 4.69) is 119 Å². The van der Waals surface area contributed by atoms with E-state index in [0.717, 1.165) is 45.5 Å². The molecule has 3 aromatic carbocycles. The van der Waals surface area contributed by atoms with Crippen LogP contribution in [-0.4, -0.2) is 26.5 Å². The van der Waals surface area contributed by atoms with E-state index in [-0.39, 0.29) is 23.0 Å². The minimum Gasteiger partial charge on any atom is -0.471 e. The Morgan fingerprint density at radius 1 is 0.809 bits per heavy atom. The van der Waals surface area contributed by atoms with E-state index in [1.54, 1.807) is 12.4 Å². The second-order valence-electron chi connectivity index (χ2n) is 15.1. The molecule has 1 aliphatic heterocycles. The van der Waals surface area contributed by atoms with Crippen LogP contribution >= 0.6 is 0 Å². The Hall–Kier alpha value is -4.97. The molecule has 2 aliphatic rings. The minimum absolute atomic E-state index is 0.00762. The van der Waals surface area contributed by atoms with E-state index in [9.17, 15) is 0 Å². The Kier molecular flexibility index (Phi) is 6.59. The molecule has 0 amide bonds. The van der Waals surface area contributed by atoms with Crippen LogP contribution in [-0.2, 0) is 22.0 Å². The van der Waals surface area contributed by atoms with Gasteiger partial charge in [-0.2, -0.15) is 0 Å². The lowest BCUT2D eigenvalue weighted by atomic mass is 9.85. The van der Waals surface area contributed by atoms with Gasteiger partial charge in [0.05, 0.1) is 23.0 Å². The fourth-order valence-corrected chi connectivity index (χ4v) is 6.92. The maximum absolute atomic E-state index is 6.58. The van der Waals surface area contributed by atoms with Crippen LogP contribution in [0.5, 0.6) is 11.5 Å². The lowest BCUT2D eigenvalue weighted by Crippen LogP contribution is -2.14. The molecule has 8 rings (SSSR count). The van der Waals surface area contributed by atoms with Gasteiger partial charge in [-0.25, -0.2) is 9.98 Å². The lowest BCUT2D eigenvalue weighted by molar-refractivity contribution is 0.206. The molecule has 6 heteroatoms. The fraction of sp³-hybridized carbons (Fsp3) is 0.293. The molecule has 4 heterocycles. The predicted octanol–water partition coefficient (Wildman–Crippen LogP) is 9.71. The van der Waals surface area contributed by atoms with Gasteiger partial charge in [0.1, 0.15) is 29.3 Å². The molecule has 6 nitrogen and oxygen atoms in total. The van der Waals surface area contributed by atoms with Crippen molar-refractivity contribution in [2.45, 2.75) is 77.9 Å². The Morgan fingerprint density at radius 3 is 2.45 bits per heavy atom. The van der Waals surface area contributed by atoms with Crippen molar-refractivity contribution < 1.29 is 9.47 Å². The van der Waals surface area contributed by atoms with E-state index in [1.165, 1.54) is 27.6 Å². The molecule has 0 spiro atoms. The third-order valence-electron chi connectivity index (χ3n) is 9.51. The first-order valence-electron chi connectivity index (χ1n) is 16.5. The molecule has 0 N–H and O–H groups in total. The molecule has 0 saturated carbocycles. The first-order valence-corrected chi connectivity index (χ1v) is 16.5. The summed E-state index contributed by atoms with van der Waals surface area (Å²) in [5.74, 6) is 1.99. The molecular formula is C41H40N4O2. The Bertz CT molecular complexity index is 2230. The molecule has 47 heavy (non-hydrogen) atoms. The van der Waals surface area contributed by atoms with Crippen molar-refractivity contribution in [3.05, 3.63) is 125 Å². The highest BCUT2D eigenvalue weighted by Gasteiger charge is 2.40. The summed E-state index contributed by atoms with van der Waals surface area (Å²) in [5, 5.41) is 2.32. The number of pyridine rings is 2. The van der Waals surface area contributed by atoms with Gasteiger partial charge in [0, 0.05) is 35.7 Å².